The van der Waals surface area contributed by atoms with Crippen LogP contribution >= 0.6 is 0 Å². The van der Waals surface area contributed by atoms with E-state index in [2.05, 4.69) is 21.4 Å². The number of aryl methyl sites for hydroxylation is 1. The van der Waals surface area contributed by atoms with Crippen molar-refractivity contribution in [3.05, 3.63) is 60.2 Å². The van der Waals surface area contributed by atoms with Gasteiger partial charge in [-0.15, -0.1) is 0 Å². The third-order valence-corrected chi connectivity index (χ3v) is 3.32. The van der Waals surface area contributed by atoms with E-state index in [0.29, 0.717) is 6.54 Å². The number of hydrogen-bond acceptors (Lipinski definition) is 4. The Labute approximate surface area is 117 Å². The molecule has 1 aromatic carbocycles. The van der Waals surface area contributed by atoms with E-state index in [1.54, 1.807) is 6.20 Å². The van der Waals surface area contributed by atoms with Crippen LogP contribution in [0.15, 0.2) is 48.9 Å². The first-order chi connectivity index (χ1) is 9.74. The summed E-state index contributed by atoms with van der Waals surface area (Å²) in [6, 6.07) is 10.0. The maximum atomic E-state index is 6.20. The molecule has 3 aromatic rings. The van der Waals surface area contributed by atoms with E-state index >= 15 is 0 Å². The van der Waals surface area contributed by atoms with E-state index in [1.165, 1.54) is 0 Å². The van der Waals surface area contributed by atoms with Crippen LogP contribution in [0.2, 0.25) is 0 Å². The SMILES string of the molecule is Cc1ccc(CNc2ccc3cnccc3c2N)cn1. The number of hydrogen-bond donors (Lipinski definition) is 2. The molecule has 4 nitrogen and oxygen atoms in total. The molecule has 0 radical (unpaired) electrons. The predicted octanol–water partition coefficient (Wildman–Crippen LogP) is 3.13. The molecule has 100 valence electrons. The van der Waals surface area contributed by atoms with Crippen molar-refractivity contribution in [2.24, 2.45) is 0 Å². The maximum Gasteiger partial charge on any atom is 0.0630 e. The van der Waals surface area contributed by atoms with Gasteiger partial charge in [0, 0.05) is 41.6 Å². The number of aromatic nitrogens is 2. The predicted molar refractivity (Wildman–Crippen MR) is 82.5 cm³/mol. The van der Waals surface area contributed by atoms with E-state index in [9.17, 15) is 0 Å². The summed E-state index contributed by atoms with van der Waals surface area (Å²) in [5.74, 6) is 0. The first-order valence-corrected chi connectivity index (χ1v) is 6.51. The molecule has 0 spiro atoms. The Morgan fingerprint density at radius 3 is 2.80 bits per heavy atom. The van der Waals surface area contributed by atoms with Crippen molar-refractivity contribution in [3.63, 3.8) is 0 Å². The van der Waals surface area contributed by atoms with E-state index < -0.39 is 0 Å². The Morgan fingerprint density at radius 1 is 1.10 bits per heavy atom. The summed E-state index contributed by atoms with van der Waals surface area (Å²) in [6.45, 7) is 2.68. The van der Waals surface area contributed by atoms with Crippen LogP contribution in [0.5, 0.6) is 0 Å². The molecule has 0 saturated carbocycles. The van der Waals surface area contributed by atoms with Crippen molar-refractivity contribution in [2.45, 2.75) is 13.5 Å². The van der Waals surface area contributed by atoms with Gasteiger partial charge in [-0.3, -0.25) is 9.97 Å². The molecular weight excluding hydrogens is 248 g/mol. The second kappa shape index (κ2) is 5.17. The van der Waals surface area contributed by atoms with Crippen molar-refractivity contribution in [1.29, 1.82) is 0 Å². The molecule has 2 aromatic heterocycles. The van der Waals surface area contributed by atoms with Crippen LogP contribution in [0.1, 0.15) is 11.3 Å². The van der Waals surface area contributed by atoms with Crippen LogP contribution < -0.4 is 11.1 Å². The lowest BCUT2D eigenvalue weighted by molar-refractivity contribution is 1.09. The fraction of sp³-hybridized carbons (Fsp3) is 0.125. The molecule has 3 N–H and O–H groups in total. The van der Waals surface area contributed by atoms with Crippen molar-refractivity contribution >= 4 is 22.1 Å². The minimum absolute atomic E-state index is 0.702. The molecule has 2 heterocycles. The molecule has 0 fully saturated rings. The van der Waals surface area contributed by atoms with Gasteiger partial charge in [-0.25, -0.2) is 0 Å². The number of pyridine rings is 2. The zero-order valence-corrected chi connectivity index (χ0v) is 11.3. The van der Waals surface area contributed by atoms with Crippen molar-refractivity contribution < 1.29 is 0 Å². The van der Waals surface area contributed by atoms with Gasteiger partial charge in [0.05, 0.1) is 11.4 Å². The molecule has 0 aliphatic heterocycles. The minimum atomic E-state index is 0.702. The van der Waals surface area contributed by atoms with Gasteiger partial charge in [0.15, 0.2) is 0 Å². The summed E-state index contributed by atoms with van der Waals surface area (Å²) in [5, 5.41) is 5.42. The zero-order valence-electron chi connectivity index (χ0n) is 11.3. The fourth-order valence-corrected chi connectivity index (χ4v) is 2.15. The molecule has 0 amide bonds. The molecule has 0 unspecified atom stereocenters. The van der Waals surface area contributed by atoms with Crippen molar-refractivity contribution in [3.8, 4) is 0 Å². The summed E-state index contributed by atoms with van der Waals surface area (Å²) >= 11 is 0. The molecule has 20 heavy (non-hydrogen) atoms. The Hall–Kier alpha value is -2.62. The summed E-state index contributed by atoms with van der Waals surface area (Å²) in [7, 11) is 0. The molecule has 3 rings (SSSR count). The van der Waals surface area contributed by atoms with Crippen LogP contribution in [0, 0.1) is 6.92 Å². The largest absolute Gasteiger partial charge is 0.397 e. The Kier molecular flexibility index (Phi) is 3.21. The molecule has 0 bridgehead atoms. The average Bonchev–Trinajstić information content (AvgIpc) is 2.49. The van der Waals surface area contributed by atoms with Gasteiger partial charge in [-0.2, -0.15) is 0 Å². The topological polar surface area (TPSA) is 63.8 Å². The van der Waals surface area contributed by atoms with Gasteiger partial charge >= 0.3 is 0 Å². The number of benzene rings is 1. The van der Waals surface area contributed by atoms with Gasteiger partial charge in [-0.1, -0.05) is 12.1 Å². The van der Waals surface area contributed by atoms with E-state index in [-0.39, 0.29) is 0 Å². The molecular formula is C16H16N4. The number of fused-ring (bicyclic) bond motifs is 1. The highest BCUT2D eigenvalue weighted by molar-refractivity contribution is 5.98. The highest BCUT2D eigenvalue weighted by Crippen LogP contribution is 2.28. The summed E-state index contributed by atoms with van der Waals surface area (Å²) in [6.07, 6.45) is 5.45. The summed E-state index contributed by atoms with van der Waals surface area (Å²) < 4.78 is 0. The first kappa shape index (κ1) is 12.4. The van der Waals surface area contributed by atoms with Gasteiger partial charge in [-0.05, 0) is 30.7 Å². The van der Waals surface area contributed by atoms with Crippen LogP contribution in [0.25, 0.3) is 10.8 Å². The normalized spacial score (nSPS) is 10.7. The average molecular weight is 264 g/mol. The number of rotatable bonds is 3. The smallest absolute Gasteiger partial charge is 0.0630 e. The second-order valence-electron chi connectivity index (χ2n) is 4.78. The highest BCUT2D eigenvalue weighted by Gasteiger charge is 2.04. The standard InChI is InChI=1S/C16H16N4/c1-11-2-3-12(8-19-11)9-20-15-5-4-13-10-18-7-6-14(13)16(15)17/h2-8,10,20H,9,17H2,1H3. The lowest BCUT2D eigenvalue weighted by atomic mass is 10.1. The summed E-state index contributed by atoms with van der Waals surface area (Å²) in [4.78, 5) is 8.39. The molecule has 0 aliphatic rings. The third-order valence-electron chi connectivity index (χ3n) is 3.32. The van der Waals surface area contributed by atoms with Crippen LogP contribution in [0.4, 0.5) is 11.4 Å². The van der Waals surface area contributed by atoms with Gasteiger partial charge in [0.25, 0.3) is 0 Å². The molecule has 0 saturated heterocycles. The molecule has 4 heteroatoms. The van der Waals surface area contributed by atoms with E-state index in [4.69, 9.17) is 5.73 Å². The van der Waals surface area contributed by atoms with Crippen LogP contribution in [-0.4, -0.2) is 9.97 Å². The second-order valence-corrected chi connectivity index (χ2v) is 4.78. The highest BCUT2D eigenvalue weighted by atomic mass is 14.9. The van der Waals surface area contributed by atoms with Crippen molar-refractivity contribution in [2.75, 3.05) is 11.1 Å². The number of nitrogens with zero attached hydrogens (tertiary/aromatic N) is 2. The zero-order chi connectivity index (χ0) is 13.9. The van der Waals surface area contributed by atoms with Gasteiger partial charge in [0.1, 0.15) is 0 Å². The fourth-order valence-electron chi connectivity index (χ4n) is 2.15. The van der Waals surface area contributed by atoms with Crippen LogP contribution in [0.3, 0.4) is 0 Å². The Balaban J connectivity index is 1.84. The number of nitrogen functional groups attached to an aromatic ring is 1. The lowest BCUT2D eigenvalue weighted by Crippen LogP contribution is -2.03. The lowest BCUT2D eigenvalue weighted by Gasteiger charge is -2.11. The molecule has 0 atom stereocenters. The Bertz CT molecular complexity index is 735. The molecule has 0 aliphatic carbocycles. The van der Waals surface area contributed by atoms with E-state index in [0.717, 1.165) is 33.4 Å². The first-order valence-electron chi connectivity index (χ1n) is 6.51. The third kappa shape index (κ3) is 2.40. The minimum Gasteiger partial charge on any atom is -0.397 e. The number of nitrogens with one attached hydrogen (secondary N) is 1. The van der Waals surface area contributed by atoms with Crippen molar-refractivity contribution in [1.82, 2.24) is 9.97 Å². The Morgan fingerprint density at radius 2 is 2.00 bits per heavy atom. The monoisotopic (exact) mass is 264 g/mol. The van der Waals surface area contributed by atoms with Crippen LogP contribution in [-0.2, 0) is 6.54 Å². The number of anilines is 2. The van der Waals surface area contributed by atoms with Gasteiger partial charge < -0.3 is 11.1 Å². The summed E-state index contributed by atoms with van der Waals surface area (Å²) in [5.41, 5.74) is 10.0. The van der Waals surface area contributed by atoms with Gasteiger partial charge in [0.2, 0.25) is 0 Å². The maximum absolute atomic E-state index is 6.20. The quantitative estimate of drug-likeness (QED) is 0.713. The van der Waals surface area contributed by atoms with E-state index in [1.807, 2.05) is 43.6 Å². The number of nitrogens with two attached hydrogens (primary N) is 1.